The van der Waals surface area contributed by atoms with E-state index in [0.717, 1.165) is 30.6 Å². The van der Waals surface area contributed by atoms with Crippen molar-refractivity contribution < 1.29 is 4.79 Å². The smallest absolute Gasteiger partial charge is 0.251 e. The Labute approximate surface area is 114 Å². The molecule has 0 spiro atoms. The van der Waals surface area contributed by atoms with Gasteiger partial charge in [-0.15, -0.1) is 12.4 Å². The van der Waals surface area contributed by atoms with Crippen molar-refractivity contribution >= 4 is 18.3 Å². The number of hydrogen-bond donors (Lipinski definition) is 2. The Morgan fingerprint density at radius 3 is 2.67 bits per heavy atom. The van der Waals surface area contributed by atoms with Gasteiger partial charge in [0.1, 0.15) is 0 Å². The first-order chi connectivity index (χ1) is 8.31. The molecule has 0 bridgehead atoms. The minimum Gasteiger partial charge on any atom is -0.349 e. The van der Waals surface area contributed by atoms with Crippen LogP contribution in [0.4, 0.5) is 0 Å². The third-order valence-corrected chi connectivity index (χ3v) is 4.03. The number of aryl methyl sites for hydroxylation is 1. The Morgan fingerprint density at radius 2 is 2.00 bits per heavy atom. The van der Waals surface area contributed by atoms with Crippen LogP contribution in [0.2, 0.25) is 0 Å². The van der Waals surface area contributed by atoms with Gasteiger partial charge in [0.2, 0.25) is 0 Å². The average Bonchev–Trinajstić information content (AvgIpc) is 2.80. The van der Waals surface area contributed by atoms with E-state index in [1.54, 1.807) is 0 Å². The zero-order valence-corrected chi connectivity index (χ0v) is 11.3. The van der Waals surface area contributed by atoms with E-state index in [4.69, 9.17) is 0 Å². The Kier molecular flexibility index (Phi) is 3.93. The molecule has 18 heavy (non-hydrogen) atoms. The fourth-order valence-corrected chi connectivity index (χ4v) is 2.91. The number of amides is 1. The van der Waals surface area contributed by atoms with Crippen molar-refractivity contribution in [2.24, 2.45) is 11.8 Å². The maximum atomic E-state index is 12.2. The summed E-state index contributed by atoms with van der Waals surface area (Å²) in [7, 11) is 0. The molecule has 2 aliphatic rings. The molecular weight excluding hydrogens is 248 g/mol. The number of halogens is 1. The predicted octanol–water partition coefficient (Wildman–Crippen LogP) is 1.62. The first-order valence-corrected chi connectivity index (χ1v) is 6.40. The predicted molar refractivity (Wildman–Crippen MR) is 74.2 cm³/mol. The fourth-order valence-electron chi connectivity index (χ4n) is 2.91. The van der Waals surface area contributed by atoms with Crippen LogP contribution in [0, 0.1) is 11.8 Å². The van der Waals surface area contributed by atoms with E-state index in [9.17, 15) is 4.79 Å². The molecule has 2 fully saturated rings. The van der Waals surface area contributed by atoms with E-state index in [2.05, 4.69) is 17.6 Å². The number of piperidine rings is 1. The van der Waals surface area contributed by atoms with Gasteiger partial charge in [0.05, 0.1) is 0 Å². The number of rotatable bonds is 3. The second kappa shape index (κ2) is 5.29. The first kappa shape index (κ1) is 13.4. The van der Waals surface area contributed by atoms with Crippen LogP contribution in [0.1, 0.15) is 22.8 Å². The summed E-state index contributed by atoms with van der Waals surface area (Å²) in [5, 5.41) is 6.50. The molecule has 1 saturated heterocycles. The van der Waals surface area contributed by atoms with Crippen molar-refractivity contribution in [1.82, 2.24) is 10.6 Å². The number of carbonyl (C=O) groups excluding carboxylic acids is 1. The van der Waals surface area contributed by atoms with Gasteiger partial charge < -0.3 is 10.6 Å². The fraction of sp³-hybridized carbons (Fsp3) is 0.500. The highest BCUT2D eigenvalue weighted by atomic mass is 35.5. The molecule has 3 rings (SSSR count). The maximum Gasteiger partial charge on any atom is 0.251 e. The van der Waals surface area contributed by atoms with E-state index in [1.807, 2.05) is 24.3 Å². The van der Waals surface area contributed by atoms with Crippen LogP contribution < -0.4 is 10.6 Å². The number of hydrogen-bond acceptors (Lipinski definition) is 2. The number of benzene rings is 1. The van der Waals surface area contributed by atoms with Crippen LogP contribution in [-0.2, 0) is 6.42 Å². The van der Waals surface area contributed by atoms with E-state index in [-0.39, 0.29) is 18.3 Å². The van der Waals surface area contributed by atoms with Crippen LogP contribution in [0.3, 0.4) is 0 Å². The normalized spacial score (nSPS) is 28.2. The second-order valence-electron chi connectivity index (χ2n) is 5.00. The summed E-state index contributed by atoms with van der Waals surface area (Å²) in [6.45, 7) is 4.21. The molecule has 0 aromatic heterocycles. The molecule has 4 heteroatoms. The number of nitrogens with one attached hydrogen (secondary N) is 2. The molecular formula is C14H19ClN2O. The minimum atomic E-state index is 0. The van der Waals surface area contributed by atoms with Crippen LogP contribution >= 0.6 is 12.4 Å². The molecule has 2 unspecified atom stereocenters. The van der Waals surface area contributed by atoms with Gasteiger partial charge in [0, 0.05) is 24.7 Å². The Morgan fingerprint density at radius 1 is 1.33 bits per heavy atom. The third-order valence-electron chi connectivity index (χ3n) is 4.03. The van der Waals surface area contributed by atoms with Gasteiger partial charge in [-0.1, -0.05) is 25.1 Å². The lowest BCUT2D eigenvalue weighted by molar-refractivity contribution is 0.0945. The molecule has 3 nitrogen and oxygen atoms in total. The van der Waals surface area contributed by atoms with Crippen LogP contribution in [0.15, 0.2) is 24.3 Å². The van der Waals surface area contributed by atoms with Gasteiger partial charge in [0.25, 0.3) is 5.91 Å². The minimum absolute atomic E-state index is 0. The number of carbonyl (C=O) groups is 1. The van der Waals surface area contributed by atoms with Crippen molar-refractivity contribution in [1.29, 1.82) is 0 Å². The van der Waals surface area contributed by atoms with Gasteiger partial charge in [-0.2, -0.15) is 0 Å². The number of fused-ring (bicyclic) bond motifs is 1. The molecule has 1 heterocycles. The van der Waals surface area contributed by atoms with Crippen molar-refractivity contribution in [3.8, 4) is 0 Å². The maximum absolute atomic E-state index is 12.2. The van der Waals surface area contributed by atoms with E-state index >= 15 is 0 Å². The summed E-state index contributed by atoms with van der Waals surface area (Å²) in [6, 6.07) is 8.29. The SMILES string of the molecule is CCc1ccccc1C(=O)NC1C2CNCC21.Cl. The van der Waals surface area contributed by atoms with E-state index < -0.39 is 0 Å². The third kappa shape index (κ3) is 2.25. The quantitative estimate of drug-likeness (QED) is 0.873. The van der Waals surface area contributed by atoms with Crippen molar-refractivity contribution in [2.75, 3.05) is 13.1 Å². The van der Waals surface area contributed by atoms with Crippen molar-refractivity contribution in [2.45, 2.75) is 19.4 Å². The van der Waals surface area contributed by atoms with Gasteiger partial charge in [-0.3, -0.25) is 4.79 Å². The average molecular weight is 267 g/mol. The zero-order valence-electron chi connectivity index (χ0n) is 10.5. The van der Waals surface area contributed by atoms with Gasteiger partial charge in [-0.25, -0.2) is 0 Å². The summed E-state index contributed by atoms with van der Waals surface area (Å²) in [5.74, 6) is 1.45. The lowest BCUT2D eigenvalue weighted by atomic mass is 10.0. The Bertz CT molecular complexity index is 439. The summed E-state index contributed by atoms with van der Waals surface area (Å²) in [4.78, 5) is 12.2. The van der Waals surface area contributed by atoms with Crippen molar-refractivity contribution in [3.05, 3.63) is 35.4 Å². The molecule has 1 amide bonds. The van der Waals surface area contributed by atoms with Crippen LogP contribution in [-0.4, -0.2) is 25.0 Å². The molecule has 1 aliphatic carbocycles. The Hall–Kier alpha value is -1.06. The largest absolute Gasteiger partial charge is 0.349 e. The molecule has 1 aromatic carbocycles. The highest BCUT2D eigenvalue weighted by molar-refractivity contribution is 5.96. The summed E-state index contributed by atoms with van der Waals surface area (Å²) < 4.78 is 0. The molecule has 2 atom stereocenters. The van der Waals surface area contributed by atoms with Gasteiger partial charge in [0.15, 0.2) is 0 Å². The molecule has 1 saturated carbocycles. The second-order valence-corrected chi connectivity index (χ2v) is 5.00. The van der Waals surface area contributed by atoms with Crippen LogP contribution in [0.25, 0.3) is 0 Å². The Balaban J connectivity index is 0.00000120. The topological polar surface area (TPSA) is 41.1 Å². The van der Waals surface area contributed by atoms with E-state index in [1.165, 1.54) is 0 Å². The van der Waals surface area contributed by atoms with E-state index in [0.29, 0.717) is 17.9 Å². The first-order valence-electron chi connectivity index (χ1n) is 6.40. The summed E-state index contributed by atoms with van der Waals surface area (Å²) in [5.41, 5.74) is 1.97. The van der Waals surface area contributed by atoms with Crippen molar-refractivity contribution in [3.63, 3.8) is 0 Å². The van der Waals surface area contributed by atoms with Gasteiger partial charge >= 0.3 is 0 Å². The van der Waals surface area contributed by atoms with Gasteiger partial charge in [-0.05, 0) is 29.9 Å². The highest BCUT2D eigenvalue weighted by Crippen LogP contribution is 2.41. The standard InChI is InChI=1S/C14H18N2O.ClH/c1-2-9-5-3-4-6-10(9)14(17)16-13-11-7-15-8-12(11)13;/h3-6,11-13,15H,2,7-8H2,1H3,(H,16,17);1H. The molecule has 98 valence electrons. The molecule has 2 N–H and O–H groups in total. The lowest BCUT2D eigenvalue weighted by Gasteiger charge is -2.10. The molecule has 0 radical (unpaired) electrons. The summed E-state index contributed by atoms with van der Waals surface area (Å²) >= 11 is 0. The zero-order chi connectivity index (χ0) is 11.8. The van der Waals surface area contributed by atoms with Crippen LogP contribution in [0.5, 0.6) is 0 Å². The molecule has 1 aromatic rings. The lowest BCUT2D eigenvalue weighted by Crippen LogP contribution is -2.33. The highest BCUT2D eigenvalue weighted by Gasteiger charge is 2.53. The monoisotopic (exact) mass is 266 g/mol. The summed E-state index contributed by atoms with van der Waals surface area (Å²) in [6.07, 6.45) is 0.905. The molecule has 1 aliphatic heterocycles.